The number of piperazine rings is 1. The van der Waals surface area contributed by atoms with Gasteiger partial charge >= 0.3 is 0 Å². The van der Waals surface area contributed by atoms with Crippen LogP contribution in [-0.2, 0) is 11.3 Å². The van der Waals surface area contributed by atoms with Gasteiger partial charge in [-0.3, -0.25) is 9.69 Å². The second kappa shape index (κ2) is 6.05. The smallest absolute Gasteiger partial charge is 0.222 e. The van der Waals surface area contributed by atoms with E-state index in [1.807, 2.05) is 17.0 Å². The maximum absolute atomic E-state index is 11.9. The molecule has 0 unspecified atom stereocenters. The Bertz CT molecular complexity index is 365. The third-order valence-electron chi connectivity index (χ3n) is 3.27. The molecule has 0 spiro atoms. The Kier molecular flexibility index (Phi) is 4.42. The van der Waals surface area contributed by atoms with Crippen LogP contribution in [0.2, 0.25) is 0 Å². The highest BCUT2D eigenvalue weighted by Crippen LogP contribution is 2.11. The molecule has 0 bridgehead atoms. The van der Waals surface area contributed by atoms with Gasteiger partial charge in [0.05, 0.1) is 12.8 Å². The lowest BCUT2D eigenvalue weighted by atomic mass is 10.1. The van der Waals surface area contributed by atoms with Gasteiger partial charge in [0.25, 0.3) is 0 Å². The quantitative estimate of drug-likeness (QED) is 0.819. The third-order valence-corrected chi connectivity index (χ3v) is 3.27. The Labute approximate surface area is 109 Å². The number of nitrogens with zero attached hydrogens (tertiary/aromatic N) is 2. The third kappa shape index (κ3) is 3.60. The molecule has 2 heterocycles. The molecule has 2 rings (SSSR count). The lowest BCUT2D eigenvalue weighted by Gasteiger charge is -2.34. The number of carbonyl (C=O) groups is 1. The molecule has 1 aliphatic heterocycles. The zero-order chi connectivity index (χ0) is 13.0. The average molecular weight is 250 g/mol. The summed E-state index contributed by atoms with van der Waals surface area (Å²) in [7, 11) is 0. The molecule has 0 saturated carbocycles. The van der Waals surface area contributed by atoms with Gasteiger partial charge in [-0.2, -0.15) is 0 Å². The van der Waals surface area contributed by atoms with E-state index in [2.05, 4.69) is 18.7 Å². The molecule has 4 nitrogen and oxygen atoms in total. The van der Waals surface area contributed by atoms with Gasteiger partial charge in [0.2, 0.25) is 5.91 Å². The number of furan rings is 1. The molecule has 1 fully saturated rings. The predicted molar refractivity (Wildman–Crippen MR) is 70.0 cm³/mol. The minimum absolute atomic E-state index is 0.294. The Morgan fingerprint density at radius 1 is 1.33 bits per heavy atom. The molecule has 100 valence electrons. The van der Waals surface area contributed by atoms with Gasteiger partial charge in [-0.15, -0.1) is 0 Å². The van der Waals surface area contributed by atoms with Crippen LogP contribution < -0.4 is 0 Å². The summed E-state index contributed by atoms with van der Waals surface area (Å²) in [6.45, 7) is 8.57. The lowest BCUT2D eigenvalue weighted by Crippen LogP contribution is -2.48. The van der Waals surface area contributed by atoms with Crippen LogP contribution in [0.25, 0.3) is 0 Å². The standard InChI is InChI=1S/C14H22N2O2/c1-12(2)10-14(17)16-7-5-15(6-8-16)11-13-4-3-9-18-13/h3-4,9,12H,5-8,10-11H2,1-2H3. The zero-order valence-corrected chi connectivity index (χ0v) is 11.3. The van der Waals surface area contributed by atoms with E-state index in [1.54, 1.807) is 6.26 Å². The fraction of sp³-hybridized carbons (Fsp3) is 0.643. The van der Waals surface area contributed by atoms with Gasteiger partial charge in [0.15, 0.2) is 0 Å². The summed E-state index contributed by atoms with van der Waals surface area (Å²) in [5.41, 5.74) is 0. The van der Waals surface area contributed by atoms with E-state index >= 15 is 0 Å². The van der Waals surface area contributed by atoms with Crippen molar-refractivity contribution < 1.29 is 9.21 Å². The Balaban J connectivity index is 1.76. The number of rotatable bonds is 4. The summed E-state index contributed by atoms with van der Waals surface area (Å²) in [5.74, 6) is 1.73. The van der Waals surface area contributed by atoms with Crippen molar-refractivity contribution in [2.45, 2.75) is 26.8 Å². The molecule has 1 aliphatic rings. The Hall–Kier alpha value is -1.29. The summed E-state index contributed by atoms with van der Waals surface area (Å²) in [5, 5.41) is 0. The molecule has 0 aliphatic carbocycles. The van der Waals surface area contributed by atoms with Crippen LogP contribution in [-0.4, -0.2) is 41.9 Å². The molecule has 4 heteroatoms. The van der Waals surface area contributed by atoms with Crippen molar-refractivity contribution in [1.29, 1.82) is 0 Å². The molecular weight excluding hydrogens is 228 g/mol. The SMILES string of the molecule is CC(C)CC(=O)N1CCN(Cc2ccco2)CC1. The van der Waals surface area contributed by atoms with Crippen LogP contribution in [0.3, 0.4) is 0 Å². The maximum atomic E-state index is 11.9. The molecular formula is C14H22N2O2. The van der Waals surface area contributed by atoms with Gasteiger partial charge in [-0.05, 0) is 18.1 Å². The lowest BCUT2D eigenvalue weighted by molar-refractivity contribution is -0.133. The first kappa shape index (κ1) is 13.1. The molecule has 1 saturated heterocycles. The van der Waals surface area contributed by atoms with E-state index < -0.39 is 0 Å². The summed E-state index contributed by atoms with van der Waals surface area (Å²) < 4.78 is 5.34. The molecule has 1 aromatic rings. The fourth-order valence-corrected chi connectivity index (χ4v) is 2.26. The number of carbonyl (C=O) groups excluding carboxylic acids is 1. The maximum Gasteiger partial charge on any atom is 0.222 e. The molecule has 1 amide bonds. The average Bonchev–Trinajstić information content (AvgIpc) is 2.82. The first-order valence-electron chi connectivity index (χ1n) is 6.67. The van der Waals surface area contributed by atoms with Gasteiger partial charge in [0, 0.05) is 32.6 Å². The van der Waals surface area contributed by atoms with Crippen molar-refractivity contribution in [3.63, 3.8) is 0 Å². The van der Waals surface area contributed by atoms with Crippen molar-refractivity contribution >= 4 is 5.91 Å². The normalized spacial score (nSPS) is 17.4. The second-order valence-electron chi connectivity index (χ2n) is 5.33. The summed E-state index contributed by atoms with van der Waals surface area (Å²) in [4.78, 5) is 16.2. The minimum atomic E-state index is 0.294. The van der Waals surface area contributed by atoms with E-state index in [0.29, 0.717) is 18.2 Å². The highest BCUT2D eigenvalue weighted by Gasteiger charge is 2.21. The van der Waals surface area contributed by atoms with Crippen molar-refractivity contribution in [2.24, 2.45) is 5.92 Å². The van der Waals surface area contributed by atoms with E-state index in [0.717, 1.165) is 38.5 Å². The topological polar surface area (TPSA) is 36.7 Å². The van der Waals surface area contributed by atoms with E-state index in [4.69, 9.17) is 4.42 Å². The molecule has 0 aromatic carbocycles. The van der Waals surface area contributed by atoms with Crippen LogP contribution in [0.1, 0.15) is 26.0 Å². The minimum Gasteiger partial charge on any atom is -0.468 e. The Morgan fingerprint density at radius 3 is 2.61 bits per heavy atom. The van der Waals surface area contributed by atoms with Gasteiger partial charge in [-0.25, -0.2) is 0 Å². The number of amides is 1. The number of hydrogen-bond donors (Lipinski definition) is 0. The van der Waals surface area contributed by atoms with Crippen LogP contribution >= 0.6 is 0 Å². The predicted octanol–water partition coefficient (Wildman–Crippen LogP) is 1.97. The number of hydrogen-bond acceptors (Lipinski definition) is 3. The van der Waals surface area contributed by atoms with Gasteiger partial charge in [0.1, 0.15) is 5.76 Å². The monoisotopic (exact) mass is 250 g/mol. The van der Waals surface area contributed by atoms with Crippen LogP contribution in [0.15, 0.2) is 22.8 Å². The molecule has 18 heavy (non-hydrogen) atoms. The highest BCUT2D eigenvalue weighted by atomic mass is 16.3. The summed E-state index contributed by atoms with van der Waals surface area (Å²) >= 11 is 0. The highest BCUT2D eigenvalue weighted by molar-refractivity contribution is 5.76. The Morgan fingerprint density at radius 2 is 2.06 bits per heavy atom. The van der Waals surface area contributed by atoms with Gasteiger partial charge in [-0.1, -0.05) is 13.8 Å². The van der Waals surface area contributed by atoms with Crippen LogP contribution in [0.5, 0.6) is 0 Å². The first-order valence-corrected chi connectivity index (χ1v) is 6.67. The van der Waals surface area contributed by atoms with Gasteiger partial charge < -0.3 is 9.32 Å². The largest absolute Gasteiger partial charge is 0.468 e. The second-order valence-corrected chi connectivity index (χ2v) is 5.33. The van der Waals surface area contributed by atoms with Crippen LogP contribution in [0.4, 0.5) is 0 Å². The molecule has 1 aromatic heterocycles. The fourth-order valence-electron chi connectivity index (χ4n) is 2.26. The molecule has 0 radical (unpaired) electrons. The summed E-state index contributed by atoms with van der Waals surface area (Å²) in [6, 6.07) is 3.91. The van der Waals surface area contributed by atoms with E-state index in [1.165, 1.54) is 0 Å². The van der Waals surface area contributed by atoms with E-state index in [-0.39, 0.29) is 0 Å². The summed E-state index contributed by atoms with van der Waals surface area (Å²) in [6.07, 6.45) is 2.37. The van der Waals surface area contributed by atoms with Crippen molar-refractivity contribution in [3.05, 3.63) is 24.2 Å². The molecule has 0 atom stereocenters. The zero-order valence-electron chi connectivity index (χ0n) is 11.3. The van der Waals surface area contributed by atoms with Crippen molar-refractivity contribution in [1.82, 2.24) is 9.80 Å². The van der Waals surface area contributed by atoms with Crippen LogP contribution in [0, 0.1) is 5.92 Å². The van der Waals surface area contributed by atoms with Crippen molar-refractivity contribution in [3.8, 4) is 0 Å². The first-order chi connectivity index (χ1) is 8.65. The van der Waals surface area contributed by atoms with Crippen molar-refractivity contribution in [2.75, 3.05) is 26.2 Å². The molecule has 0 N–H and O–H groups in total. The van der Waals surface area contributed by atoms with E-state index in [9.17, 15) is 4.79 Å².